The SMILES string of the molecule is O=C(O)Cc1ccc2c(c1)C(=O)c1cccnc1CO2. The van der Waals surface area contributed by atoms with E-state index in [1.807, 2.05) is 0 Å². The van der Waals surface area contributed by atoms with Crippen molar-refractivity contribution in [3.8, 4) is 5.75 Å². The zero-order chi connectivity index (χ0) is 14.1. The van der Waals surface area contributed by atoms with Gasteiger partial charge in [-0.1, -0.05) is 6.07 Å². The van der Waals surface area contributed by atoms with E-state index in [-0.39, 0.29) is 18.8 Å². The third-order valence-corrected chi connectivity index (χ3v) is 3.14. The molecule has 5 nitrogen and oxygen atoms in total. The zero-order valence-corrected chi connectivity index (χ0v) is 10.5. The maximum Gasteiger partial charge on any atom is 0.307 e. The van der Waals surface area contributed by atoms with E-state index >= 15 is 0 Å². The Kier molecular flexibility index (Phi) is 2.95. The molecule has 0 amide bonds. The number of carboxylic acids is 1. The molecule has 0 saturated carbocycles. The summed E-state index contributed by atoms with van der Waals surface area (Å²) in [4.78, 5) is 27.4. The van der Waals surface area contributed by atoms with Gasteiger partial charge < -0.3 is 9.84 Å². The monoisotopic (exact) mass is 269 g/mol. The van der Waals surface area contributed by atoms with Crippen LogP contribution in [0.2, 0.25) is 0 Å². The lowest BCUT2D eigenvalue weighted by Crippen LogP contribution is -2.06. The number of hydrogen-bond acceptors (Lipinski definition) is 4. The summed E-state index contributed by atoms with van der Waals surface area (Å²) in [6.07, 6.45) is 1.49. The van der Waals surface area contributed by atoms with Crippen molar-refractivity contribution in [3.05, 3.63) is 58.9 Å². The van der Waals surface area contributed by atoms with Gasteiger partial charge in [-0.15, -0.1) is 0 Å². The number of carbonyl (C=O) groups is 2. The molecule has 1 aliphatic heterocycles. The van der Waals surface area contributed by atoms with Gasteiger partial charge in [0.05, 0.1) is 17.7 Å². The van der Waals surface area contributed by atoms with Crippen molar-refractivity contribution in [2.75, 3.05) is 0 Å². The molecule has 0 radical (unpaired) electrons. The molecule has 1 aromatic heterocycles. The van der Waals surface area contributed by atoms with Gasteiger partial charge in [0.25, 0.3) is 0 Å². The number of nitrogens with zero attached hydrogens (tertiary/aromatic N) is 1. The first-order valence-electron chi connectivity index (χ1n) is 6.11. The highest BCUT2D eigenvalue weighted by atomic mass is 16.5. The minimum atomic E-state index is -0.936. The quantitative estimate of drug-likeness (QED) is 0.900. The smallest absolute Gasteiger partial charge is 0.307 e. The predicted molar refractivity (Wildman–Crippen MR) is 69.8 cm³/mol. The average Bonchev–Trinajstić information content (AvgIpc) is 2.57. The molecule has 0 aliphatic carbocycles. The Labute approximate surface area is 114 Å². The highest BCUT2D eigenvalue weighted by Crippen LogP contribution is 2.28. The summed E-state index contributed by atoms with van der Waals surface area (Å²) in [6, 6.07) is 8.27. The molecule has 1 aliphatic rings. The van der Waals surface area contributed by atoms with E-state index in [0.29, 0.717) is 28.1 Å². The average molecular weight is 269 g/mol. The van der Waals surface area contributed by atoms with Crippen LogP contribution in [0.15, 0.2) is 36.5 Å². The molecular formula is C15H11NO4. The van der Waals surface area contributed by atoms with Gasteiger partial charge in [0.1, 0.15) is 12.4 Å². The molecule has 2 aromatic rings. The number of aliphatic carboxylic acids is 1. The summed E-state index contributed by atoms with van der Waals surface area (Å²) in [6.45, 7) is 0.229. The highest BCUT2D eigenvalue weighted by Gasteiger charge is 2.23. The van der Waals surface area contributed by atoms with Crippen LogP contribution >= 0.6 is 0 Å². The normalized spacial score (nSPS) is 12.9. The Balaban J connectivity index is 2.08. The lowest BCUT2D eigenvalue weighted by molar-refractivity contribution is -0.136. The second kappa shape index (κ2) is 4.77. The number of pyridine rings is 1. The summed E-state index contributed by atoms with van der Waals surface area (Å²) in [5, 5.41) is 8.82. The van der Waals surface area contributed by atoms with Crippen LogP contribution < -0.4 is 4.74 Å². The van der Waals surface area contributed by atoms with Crippen LogP contribution in [0.5, 0.6) is 5.75 Å². The molecule has 0 spiro atoms. The Morgan fingerprint density at radius 2 is 2.15 bits per heavy atom. The summed E-state index contributed by atoms with van der Waals surface area (Å²) in [5.74, 6) is -0.663. The van der Waals surface area contributed by atoms with Crippen molar-refractivity contribution in [1.82, 2.24) is 4.98 Å². The summed E-state index contributed by atoms with van der Waals surface area (Å²) in [5.41, 5.74) is 2.04. The van der Waals surface area contributed by atoms with Gasteiger partial charge in [-0.2, -0.15) is 0 Å². The number of fused-ring (bicyclic) bond motifs is 2. The van der Waals surface area contributed by atoms with Crippen molar-refractivity contribution in [1.29, 1.82) is 0 Å². The second-order valence-corrected chi connectivity index (χ2v) is 4.52. The Morgan fingerprint density at radius 3 is 2.95 bits per heavy atom. The van der Waals surface area contributed by atoms with Crippen molar-refractivity contribution in [2.45, 2.75) is 13.0 Å². The van der Waals surface area contributed by atoms with E-state index in [0.717, 1.165) is 0 Å². The molecule has 2 heterocycles. The molecule has 1 N–H and O–H groups in total. The van der Waals surface area contributed by atoms with Crippen LogP contribution in [-0.4, -0.2) is 21.8 Å². The topological polar surface area (TPSA) is 76.5 Å². The summed E-state index contributed by atoms with van der Waals surface area (Å²) in [7, 11) is 0. The minimum Gasteiger partial charge on any atom is -0.486 e. The van der Waals surface area contributed by atoms with Crippen LogP contribution in [0.25, 0.3) is 0 Å². The Hall–Kier alpha value is -2.69. The number of benzene rings is 1. The number of ether oxygens (including phenoxy) is 1. The van der Waals surface area contributed by atoms with Gasteiger partial charge in [-0.3, -0.25) is 14.6 Å². The molecule has 100 valence electrons. The third-order valence-electron chi connectivity index (χ3n) is 3.14. The molecule has 3 rings (SSSR count). The van der Waals surface area contributed by atoms with Gasteiger partial charge >= 0.3 is 5.97 Å². The van der Waals surface area contributed by atoms with E-state index in [9.17, 15) is 9.59 Å². The molecule has 0 fully saturated rings. The van der Waals surface area contributed by atoms with Crippen LogP contribution in [0.1, 0.15) is 27.2 Å². The molecule has 20 heavy (non-hydrogen) atoms. The summed E-state index contributed by atoms with van der Waals surface area (Å²) >= 11 is 0. The van der Waals surface area contributed by atoms with Gasteiger partial charge in [-0.25, -0.2) is 0 Å². The number of carboxylic acid groups (broad SMARTS) is 1. The molecule has 0 saturated heterocycles. The van der Waals surface area contributed by atoms with Crippen molar-refractivity contribution < 1.29 is 19.4 Å². The number of carbonyl (C=O) groups excluding carboxylic acids is 1. The fourth-order valence-corrected chi connectivity index (χ4v) is 2.22. The Morgan fingerprint density at radius 1 is 1.30 bits per heavy atom. The van der Waals surface area contributed by atoms with Gasteiger partial charge in [0.2, 0.25) is 0 Å². The van der Waals surface area contributed by atoms with Crippen LogP contribution in [0, 0.1) is 0 Å². The molecule has 5 heteroatoms. The molecule has 0 atom stereocenters. The van der Waals surface area contributed by atoms with E-state index in [2.05, 4.69) is 4.98 Å². The lowest BCUT2D eigenvalue weighted by Gasteiger charge is -2.07. The molecule has 1 aromatic carbocycles. The fraction of sp³-hybridized carbons (Fsp3) is 0.133. The number of ketones is 1. The first-order valence-corrected chi connectivity index (χ1v) is 6.11. The van der Waals surface area contributed by atoms with Crippen LogP contribution in [0.4, 0.5) is 0 Å². The van der Waals surface area contributed by atoms with E-state index in [1.165, 1.54) is 0 Å². The van der Waals surface area contributed by atoms with Crippen molar-refractivity contribution >= 4 is 11.8 Å². The zero-order valence-electron chi connectivity index (χ0n) is 10.5. The standard InChI is InChI=1S/C15H11NO4/c17-14(18)7-9-3-4-13-11(6-9)15(19)10-2-1-5-16-12(10)8-20-13/h1-6H,7-8H2,(H,17,18). The second-order valence-electron chi connectivity index (χ2n) is 4.52. The largest absolute Gasteiger partial charge is 0.486 e. The first-order chi connectivity index (χ1) is 9.65. The molecular weight excluding hydrogens is 258 g/mol. The maximum absolute atomic E-state index is 12.5. The lowest BCUT2D eigenvalue weighted by atomic mass is 9.99. The van der Waals surface area contributed by atoms with E-state index < -0.39 is 5.97 Å². The van der Waals surface area contributed by atoms with Gasteiger partial charge in [0, 0.05) is 11.8 Å². The molecule has 0 bridgehead atoms. The Bertz CT molecular complexity index is 709. The van der Waals surface area contributed by atoms with E-state index in [1.54, 1.807) is 36.5 Å². The van der Waals surface area contributed by atoms with Crippen molar-refractivity contribution in [3.63, 3.8) is 0 Å². The summed E-state index contributed by atoms with van der Waals surface area (Å²) < 4.78 is 5.57. The maximum atomic E-state index is 12.5. The van der Waals surface area contributed by atoms with Crippen LogP contribution in [-0.2, 0) is 17.8 Å². The fourth-order valence-electron chi connectivity index (χ4n) is 2.22. The third kappa shape index (κ3) is 2.14. The number of hydrogen-bond donors (Lipinski definition) is 1. The van der Waals surface area contributed by atoms with Crippen LogP contribution in [0.3, 0.4) is 0 Å². The number of rotatable bonds is 2. The minimum absolute atomic E-state index is 0.125. The highest BCUT2D eigenvalue weighted by molar-refractivity contribution is 6.11. The number of aromatic nitrogens is 1. The van der Waals surface area contributed by atoms with Gasteiger partial charge in [0.15, 0.2) is 5.78 Å². The van der Waals surface area contributed by atoms with E-state index in [4.69, 9.17) is 9.84 Å². The molecule has 0 unspecified atom stereocenters. The predicted octanol–water partition coefficient (Wildman–Crippen LogP) is 1.83. The van der Waals surface area contributed by atoms with Crippen molar-refractivity contribution in [2.24, 2.45) is 0 Å². The first kappa shape index (κ1) is 12.3. The van der Waals surface area contributed by atoms with Gasteiger partial charge in [-0.05, 0) is 29.8 Å².